The highest BCUT2D eigenvalue weighted by atomic mass is 79.9. The van der Waals surface area contributed by atoms with Crippen molar-refractivity contribution >= 4 is 27.5 Å². The number of anilines is 1. The molecule has 0 bridgehead atoms. The van der Waals surface area contributed by atoms with Gasteiger partial charge in [-0.05, 0) is 48.5 Å². The van der Waals surface area contributed by atoms with Gasteiger partial charge in [0.2, 0.25) is 0 Å². The van der Waals surface area contributed by atoms with Crippen LogP contribution < -0.4 is 5.32 Å². The topological polar surface area (TPSA) is 62.5 Å². The van der Waals surface area contributed by atoms with E-state index in [1.165, 1.54) is 0 Å². The van der Waals surface area contributed by atoms with E-state index in [1.807, 2.05) is 36.4 Å². The molecule has 0 aliphatic heterocycles. The van der Waals surface area contributed by atoms with Crippen LogP contribution >= 0.6 is 15.9 Å². The molecule has 23 heavy (non-hydrogen) atoms. The molecule has 5 heteroatoms. The van der Waals surface area contributed by atoms with Gasteiger partial charge in [0.15, 0.2) is 0 Å². The lowest BCUT2D eigenvalue weighted by molar-refractivity contribution is 0.102. The van der Waals surface area contributed by atoms with Gasteiger partial charge >= 0.3 is 0 Å². The first-order valence-electron chi connectivity index (χ1n) is 7.02. The maximum Gasteiger partial charge on any atom is 0.255 e. The predicted octanol–water partition coefficient (Wildman–Crippen LogP) is 4.45. The van der Waals surface area contributed by atoms with Gasteiger partial charge < -0.3 is 14.8 Å². The lowest BCUT2D eigenvalue weighted by Gasteiger charge is -2.07. The van der Waals surface area contributed by atoms with Crippen molar-refractivity contribution in [3.8, 4) is 11.3 Å². The van der Waals surface area contributed by atoms with Gasteiger partial charge in [-0.2, -0.15) is 0 Å². The monoisotopic (exact) mass is 371 g/mol. The van der Waals surface area contributed by atoms with Crippen molar-refractivity contribution in [3.63, 3.8) is 0 Å². The van der Waals surface area contributed by atoms with E-state index in [1.54, 1.807) is 24.3 Å². The zero-order chi connectivity index (χ0) is 16.2. The van der Waals surface area contributed by atoms with Crippen LogP contribution in [0.25, 0.3) is 11.3 Å². The Labute approximate surface area is 141 Å². The van der Waals surface area contributed by atoms with Crippen LogP contribution in [0.3, 0.4) is 0 Å². The van der Waals surface area contributed by atoms with Crippen LogP contribution in [0.2, 0.25) is 0 Å². The summed E-state index contributed by atoms with van der Waals surface area (Å²) in [6.45, 7) is -0.139. The fourth-order valence-electron chi connectivity index (χ4n) is 2.17. The summed E-state index contributed by atoms with van der Waals surface area (Å²) in [5, 5.41) is 11.9. The van der Waals surface area contributed by atoms with Crippen LogP contribution in [-0.2, 0) is 6.61 Å². The smallest absolute Gasteiger partial charge is 0.255 e. The number of aliphatic hydroxyl groups is 1. The summed E-state index contributed by atoms with van der Waals surface area (Å²) in [5.41, 5.74) is 2.09. The lowest BCUT2D eigenvalue weighted by atomic mass is 10.1. The second kappa shape index (κ2) is 6.81. The number of amides is 1. The molecule has 2 N–H and O–H groups in total. The Morgan fingerprint density at radius 2 is 1.87 bits per heavy atom. The quantitative estimate of drug-likeness (QED) is 0.711. The van der Waals surface area contributed by atoms with E-state index in [0.29, 0.717) is 22.8 Å². The highest BCUT2D eigenvalue weighted by Gasteiger charge is 2.08. The predicted molar refractivity (Wildman–Crippen MR) is 92.2 cm³/mol. The molecule has 0 fully saturated rings. The van der Waals surface area contributed by atoms with Gasteiger partial charge in [-0.3, -0.25) is 4.79 Å². The van der Waals surface area contributed by atoms with Crippen molar-refractivity contribution in [2.24, 2.45) is 0 Å². The van der Waals surface area contributed by atoms with E-state index < -0.39 is 0 Å². The standard InChI is InChI=1S/C18H14BrNO3/c19-14-6-4-12(5-7-14)18(22)20-15-3-1-2-13(10-15)17-9-8-16(11-21)23-17/h1-10,21H,11H2,(H,20,22). The van der Waals surface area contributed by atoms with Gasteiger partial charge in [0.05, 0.1) is 0 Å². The zero-order valence-corrected chi connectivity index (χ0v) is 13.7. The van der Waals surface area contributed by atoms with E-state index in [0.717, 1.165) is 10.0 Å². The summed E-state index contributed by atoms with van der Waals surface area (Å²) >= 11 is 3.34. The summed E-state index contributed by atoms with van der Waals surface area (Å²) in [6, 6.07) is 18.0. The Hall–Kier alpha value is -2.37. The Balaban J connectivity index is 1.79. The minimum atomic E-state index is -0.176. The van der Waals surface area contributed by atoms with Gasteiger partial charge in [-0.25, -0.2) is 0 Å². The van der Waals surface area contributed by atoms with Crippen molar-refractivity contribution < 1.29 is 14.3 Å². The molecular formula is C18H14BrNO3. The number of carbonyl (C=O) groups excluding carboxylic acids is 1. The molecule has 1 aromatic heterocycles. The molecule has 3 rings (SSSR count). The molecule has 0 saturated heterocycles. The molecule has 3 aromatic rings. The first kappa shape index (κ1) is 15.5. The molecule has 4 nitrogen and oxygen atoms in total. The van der Waals surface area contributed by atoms with E-state index in [-0.39, 0.29) is 12.5 Å². The molecule has 0 aliphatic carbocycles. The summed E-state index contributed by atoms with van der Waals surface area (Å²) in [4.78, 5) is 12.2. The summed E-state index contributed by atoms with van der Waals surface area (Å²) in [5.74, 6) is 0.975. The number of rotatable bonds is 4. The summed E-state index contributed by atoms with van der Waals surface area (Å²) < 4.78 is 6.43. The second-order valence-electron chi connectivity index (χ2n) is 4.97. The number of carbonyl (C=O) groups is 1. The van der Waals surface area contributed by atoms with Crippen LogP contribution in [0.4, 0.5) is 5.69 Å². The first-order valence-corrected chi connectivity index (χ1v) is 7.82. The van der Waals surface area contributed by atoms with E-state index in [2.05, 4.69) is 21.2 Å². The fourth-order valence-corrected chi connectivity index (χ4v) is 2.44. The molecule has 0 radical (unpaired) electrons. The summed E-state index contributed by atoms with van der Waals surface area (Å²) in [7, 11) is 0. The van der Waals surface area contributed by atoms with E-state index in [4.69, 9.17) is 9.52 Å². The normalized spacial score (nSPS) is 10.5. The molecule has 116 valence electrons. The zero-order valence-electron chi connectivity index (χ0n) is 12.1. The van der Waals surface area contributed by atoms with Crippen LogP contribution in [0.5, 0.6) is 0 Å². The third-order valence-corrected chi connectivity index (χ3v) is 3.86. The average molecular weight is 372 g/mol. The minimum absolute atomic E-state index is 0.139. The average Bonchev–Trinajstić information content (AvgIpc) is 3.05. The van der Waals surface area contributed by atoms with Crippen LogP contribution in [-0.4, -0.2) is 11.0 Å². The van der Waals surface area contributed by atoms with Gasteiger partial charge in [0.1, 0.15) is 18.1 Å². The molecule has 0 saturated carbocycles. The van der Waals surface area contributed by atoms with Gasteiger partial charge in [-0.15, -0.1) is 0 Å². The Bertz CT molecular complexity index is 824. The highest BCUT2D eigenvalue weighted by Crippen LogP contribution is 2.25. The largest absolute Gasteiger partial charge is 0.459 e. The van der Waals surface area contributed by atoms with Crippen molar-refractivity contribution in [3.05, 3.63) is 76.5 Å². The number of nitrogens with one attached hydrogen (secondary N) is 1. The third kappa shape index (κ3) is 3.70. The van der Waals surface area contributed by atoms with Gasteiger partial charge in [-0.1, -0.05) is 28.1 Å². The van der Waals surface area contributed by atoms with Crippen LogP contribution in [0, 0.1) is 0 Å². The number of aliphatic hydroxyl groups excluding tert-OH is 1. The maximum atomic E-state index is 12.2. The van der Waals surface area contributed by atoms with Gasteiger partial charge in [0.25, 0.3) is 5.91 Å². The molecule has 0 aliphatic rings. The van der Waals surface area contributed by atoms with E-state index >= 15 is 0 Å². The number of benzene rings is 2. The minimum Gasteiger partial charge on any atom is -0.459 e. The van der Waals surface area contributed by atoms with Crippen LogP contribution in [0.15, 0.2) is 69.6 Å². The molecule has 1 heterocycles. The highest BCUT2D eigenvalue weighted by molar-refractivity contribution is 9.10. The molecule has 1 amide bonds. The number of hydrogen-bond donors (Lipinski definition) is 2. The number of furan rings is 1. The summed E-state index contributed by atoms with van der Waals surface area (Å²) in [6.07, 6.45) is 0. The second-order valence-corrected chi connectivity index (χ2v) is 5.88. The molecule has 0 spiro atoms. The molecule has 0 unspecified atom stereocenters. The Morgan fingerprint density at radius 1 is 1.09 bits per heavy atom. The van der Waals surface area contributed by atoms with Crippen LogP contribution in [0.1, 0.15) is 16.1 Å². The van der Waals surface area contributed by atoms with Crippen molar-refractivity contribution in [2.45, 2.75) is 6.61 Å². The Morgan fingerprint density at radius 3 is 2.57 bits per heavy atom. The fraction of sp³-hybridized carbons (Fsp3) is 0.0556. The maximum absolute atomic E-state index is 12.2. The molecular weight excluding hydrogens is 358 g/mol. The molecule has 0 atom stereocenters. The van der Waals surface area contributed by atoms with E-state index in [9.17, 15) is 4.79 Å². The third-order valence-electron chi connectivity index (χ3n) is 3.33. The lowest BCUT2D eigenvalue weighted by Crippen LogP contribution is -2.11. The number of halogens is 1. The first-order chi connectivity index (χ1) is 11.2. The van der Waals surface area contributed by atoms with Crippen molar-refractivity contribution in [2.75, 3.05) is 5.32 Å². The number of hydrogen-bond acceptors (Lipinski definition) is 3. The molecule has 2 aromatic carbocycles. The SMILES string of the molecule is O=C(Nc1cccc(-c2ccc(CO)o2)c1)c1ccc(Br)cc1. The van der Waals surface area contributed by atoms with Crippen molar-refractivity contribution in [1.82, 2.24) is 0 Å². The van der Waals surface area contributed by atoms with Gasteiger partial charge in [0, 0.05) is 21.3 Å². The van der Waals surface area contributed by atoms with Crippen molar-refractivity contribution in [1.29, 1.82) is 0 Å². The Kier molecular flexibility index (Phi) is 4.60.